The van der Waals surface area contributed by atoms with E-state index in [0.717, 1.165) is 0 Å². The summed E-state index contributed by atoms with van der Waals surface area (Å²) >= 11 is 6.04. The topological polar surface area (TPSA) is 44.5 Å². The molecule has 0 heterocycles. The Morgan fingerprint density at radius 2 is 1.89 bits per heavy atom. The van der Waals surface area contributed by atoms with Gasteiger partial charge in [-0.3, -0.25) is 0 Å². The first-order valence-electron chi connectivity index (χ1n) is 4.95. The molecular weight excluding hydrogens is 287 g/mol. The van der Waals surface area contributed by atoms with E-state index in [1.165, 1.54) is 14.2 Å². The van der Waals surface area contributed by atoms with Crippen LogP contribution in [-0.2, 0) is 0 Å². The predicted octanol–water partition coefficient (Wildman–Crippen LogP) is 3.43. The van der Waals surface area contributed by atoms with Gasteiger partial charge in [0.05, 0.1) is 19.2 Å². The minimum Gasteiger partial charge on any atom is -0.493 e. The zero-order chi connectivity index (χ0) is 13.0. The number of hydrogen-bond acceptors (Lipinski definition) is 3. The van der Waals surface area contributed by atoms with Gasteiger partial charge in [-0.25, -0.2) is 8.78 Å². The van der Waals surface area contributed by atoms with Crippen LogP contribution in [0.15, 0.2) is 12.1 Å². The second kappa shape index (κ2) is 7.61. The lowest BCUT2D eigenvalue weighted by Gasteiger charge is -2.17. The number of alkyl halides is 2. The third-order valence-corrected chi connectivity index (χ3v) is 2.74. The Balaban J connectivity index is 0.00000289. The molecule has 104 valence electrons. The molecule has 0 fully saturated rings. The number of methoxy groups -OCH3 is 2. The van der Waals surface area contributed by atoms with E-state index in [0.29, 0.717) is 17.1 Å². The van der Waals surface area contributed by atoms with E-state index in [2.05, 4.69) is 0 Å². The maximum absolute atomic E-state index is 12.3. The molecule has 3 nitrogen and oxygen atoms in total. The third-order valence-electron chi connectivity index (χ3n) is 2.35. The number of ether oxygens (including phenoxy) is 2. The highest BCUT2D eigenvalue weighted by atomic mass is 35.5. The lowest BCUT2D eigenvalue weighted by atomic mass is 10.0. The molecule has 0 aliphatic carbocycles. The molecule has 18 heavy (non-hydrogen) atoms. The van der Waals surface area contributed by atoms with Gasteiger partial charge in [0.1, 0.15) is 0 Å². The minimum absolute atomic E-state index is 0. The summed E-state index contributed by atoms with van der Waals surface area (Å²) < 4.78 is 34.6. The highest BCUT2D eigenvalue weighted by Gasteiger charge is 2.20. The highest BCUT2D eigenvalue weighted by Crippen LogP contribution is 2.39. The lowest BCUT2D eigenvalue weighted by molar-refractivity contribution is 0.128. The molecule has 1 atom stereocenters. The molecular formula is C11H15Cl2F2NO2. The van der Waals surface area contributed by atoms with Crippen LogP contribution in [0.4, 0.5) is 8.78 Å². The molecule has 0 spiro atoms. The van der Waals surface area contributed by atoms with E-state index in [9.17, 15) is 8.78 Å². The number of benzene rings is 1. The molecule has 0 radical (unpaired) electrons. The smallest absolute Gasteiger partial charge is 0.240 e. The number of rotatable bonds is 5. The Labute approximate surface area is 116 Å². The molecule has 1 aromatic rings. The van der Waals surface area contributed by atoms with E-state index in [4.69, 9.17) is 26.8 Å². The van der Waals surface area contributed by atoms with Crippen LogP contribution in [0.2, 0.25) is 5.02 Å². The van der Waals surface area contributed by atoms with E-state index in [1.54, 1.807) is 12.1 Å². The van der Waals surface area contributed by atoms with Gasteiger partial charge in [-0.1, -0.05) is 17.7 Å². The van der Waals surface area contributed by atoms with Crippen molar-refractivity contribution in [3.8, 4) is 11.5 Å². The highest BCUT2D eigenvalue weighted by molar-refractivity contribution is 6.33. The van der Waals surface area contributed by atoms with Gasteiger partial charge in [0.25, 0.3) is 0 Å². The van der Waals surface area contributed by atoms with E-state index < -0.39 is 18.9 Å². The quantitative estimate of drug-likeness (QED) is 0.906. The summed E-state index contributed by atoms with van der Waals surface area (Å²) in [5.74, 6) is 0.738. The molecule has 0 aliphatic heterocycles. The monoisotopic (exact) mass is 301 g/mol. The van der Waals surface area contributed by atoms with Crippen LogP contribution in [0, 0.1) is 0 Å². The van der Waals surface area contributed by atoms with Gasteiger partial charge in [0, 0.05) is 12.5 Å². The van der Waals surface area contributed by atoms with Crippen molar-refractivity contribution in [2.75, 3.05) is 14.2 Å². The molecule has 0 aromatic heterocycles. The molecule has 0 saturated heterocycles. The van der Waals surface area contributed by atoms with E-state index in [1.807, 2.05) is 0 Å². The summed E-state index contributed by atoms with van der Waals surface area (Å²) in [5.41, 5.74) is 6.07. The SMILES string of the molecule is COc1ccc([C@@H](N)CC(F)F)c(Cl)c1OC.Cl. The fourth-order valence-electron chi connectivity index (χ4n) is 1.51. The number of hydrogen-bond donors (Lipinski definition) is 1. The van der Waals surface area contributed by atoms with Crippen LogP contribution in [0.3, 0.4) is 0 Å². The normalized spacial score (nSPS) is 11.9. The molecule has 0 unspecified atom stereocenters. The Bertz CT molecular complexity index is 392. The van der Waals surface area contributed by atoms with E-state index >= 15 is 0 Å². The second-order valence-electron chi connectivity index (χ2n) is 3.44. The summed E-state index contributed by atoms with van der Waals surface area (Å²) in [6, 6.07) is 2.32. The van der Waals surface area contributed by atoms with Crippen molar-refractivity contribution >= 4 is 24.0 Å². The second-order valence-corrected chi connectivity index (χ2v) is 3.82. The first-order chi connectivity index (χ1) is 8.01. The Morgan fingerprint density at radius 1 is 1.28 bits per heavy atom. The van der Waals surface area contributed by atoms with Crippen LogP contribution in [0.25, 0.3) is 0 Å². The maximum atomic E-state index is 12.3. The van der Waals surface area contributed by atoms with Crippen LogP contribution in [-0.4, -0.2) is 20.6 Å². The van der Waals surface area contributed by atoms with Gasteiger partial charge < -0.3 is 15.2 Å². The predicted molar refractivity (Wildman–Crippen MR) is 69.4 cm³/mol. The van der Waals surface area contributed by atoms with E-state index in [-0.39, 0.29) is 17.4 Å². The zero-order valence-electron chi connectivity index (χ0n) is 9.95. The molecule has 2 N–H and O–H groups in total. The van der Waals surface area contributed by atoms with Gasteiger partial charge in [-0.05, 0) is 11.6 Å². The summed E-state index contributed by atoms with van der Waals surface area (Å²) in [6.07, 6.45) is -2.93. The van der Waals surface area contributed by atoms with Gasteiger partial charge in [0.2, 0.25) is 6.43 Å². The molecule has 1 aromatic carbocycles. The summed E-state index contributed by atoms with van der Waals surface area (Å²) in [5, 5.41) is 0.208. The fraction of sp³-hybridized carbons (Fsp3) is 0.455. The van der Waals surface area contributed by atoms with Gasteiger partial charge in [-0.15, -0.1) is 12.4 Å². The average molecular weight is 302 g/mol. The van der Waals surface area contributed by atoms with Crippen molar-refractivity contribution < 1.29 is 18.3 Å². The van der Waals surface area contributed by atoms with Crippen molar-refractivity contribution in [1.82, 2.24) is 0 Å². The zero-order valence-corrected chi connectivity index (χ0v) is 11.5. The minimum atomic E-state index is -2.48. The fourth-order valence-corrected chi connectivity index (χ4v) is 1.88. The Hall–Kier alpha value is -0.780. The Morgan fingerprint density at radius 3 is 2.33 bits per heavy atom. The van der Waals surface area contributed by atoms with Crippen LogP contribution in [0.5, 0.6) is 11.5 Å². The van der Waals surface area contributed by atoms with Crippen molar-refractivity contribution in [2.24, 2.45) is 5.73 Å². The lowest BCUT2D eigenvalue weighted by Crippen LogP contribution is -2.14. The molecule has 0 bridgehead atoms. The number of halogens is 4. The third kappa shape index (κ3) is 3.86. The number of nitrogens with two attached hydrogens (primary N) is 1. The van der Waals surface area contributed by atoms with Crippen LogP contribution < -0.4 is 15.2 Å². The summed E-state index contributed by atoms with van der Waals surface area (Å²) in [7, 11) is 2.89. The summed E-state index contributed by atoms with van der Waals surface area (Å²) in [6.45, 7) is 0. The van der Waals surface area contributed by atoms with Crippen LogP contribution in [0.1, 0.15) is 18.0 Å². The summed E-state index contributed by atoms with van der Waals surface area (Å²) in [4.78, 5) is 0. The molecule has 1 rings (SSSR count). The standard InChI is InChI=1S/C11H14ClF2NO2.ClH/c1-16-8-4-3-6(7(15)5-9(13)14)10(12)11(8)17-2;/h3-4,7,9H,5,15H2,1-2H3;1H/t7-;/m0./s1. The molecule has 0 aliphatic rings. The molecule has 7 heteroatoms. The van der Waals surface area contributed by atoms with Gasteiger partial charge >= 0.3 is 0 Å². The molecule has 0 amide bonds. The van der Waals surface area contributed by atoms with Crippen molar-refractivity contribution in [3.63, 3.8) is 0 Å². The van der Waals surface area contributed by atoms with Crippen LogP contribution >= 0.6 is 24.0 Å². The van der Waals surface area contributed by atoms with Gasteiger partial charge in [0.15, 0.2) is 11.5 Å². The van der Waals surface area contributed by atoms with Crippen molar-refractivity contribution in [1.29, 1.82) is 0 Å². The largest absolute Gasteiger partial charge is 0.493 e. The van der Waals surface area contributed by atoms with Crippen molar-refractivity contribution in [2.45, 2.75) is 18.9 Å². The Kier molecular flexibility index (Phi) is 7.28. The van der Waals surface area contributed by atoms with Crippen molar-refractivity contribution in [3.05, 3.63) is 22.7 Å². The average Bonchev–Trinajstić information content (AvgIpc) is 2.27. The first-order valence-corrected chi connectivity index (χ1v) is 5.33. The first kappa shape index (κ1) is 17.2. The molecule has 0 saturated carbocycles. The van der Waals surface area contributed by atoms with Gasteiger partial charge in [-0.2, -0.15) is 0 Å². The maximum Gasteiger partial charge on any atom is 0.240 e.